The zero-order valence-electron chi connectivity index (χ0n) is 15.3. The smallest absolute Gasteiger partial charge is 0.311 e. The van der Waals surface area contributed by atoms with Gasteiger partial charge in [-0.2, -0.15) is 0 Å². The molecule has 0 heterocycles. The van der Waals surface area contributed by atoms with Crippen LogP contribution in [0.15, 0.2) is 42.5 Å². The van der Waals surface area contributed by atoms with Crippen LogP contribution < -0.4 is 10.1 Å². The number of benzene rings is 2. The molecule has 7 heteroatoms. The maximum absolute atomic E-state index is 12.3. The van der Waals surface area contributed by atoms with Crippen LogP contribution in [-0.2, 0) is 20.7 Å². The Morgan fingerprint density at radius 3 is 2.33 bits per heavy atom. The number of carbonyl (C=O) groups excluding carboxylic acids is 2. The lowest BCUT2D eigenvalue weighted by molar-refractivity contribution is -0.154. The van der Waals surface area contributed by atoms with Gasteiger partial charge in [0.2, 0.25) is 0 Å². The molecule has 2 aromatic rings. The summed E-state index contributed by atoms with van der Waals surface area (Å²) in [6.45, 7) is 3.32. The van der Waals surface area contributed by atoms with Gasteiger partial charge in [-0.1, -0.05) is 41.4 Å². The number of carbonyl (C=O) groups is 2. The van der Waals surface area contributed by atoms with Crippen molar-refractivity contribution in [2.45, 2.75) is 32.4 Å². The van der Waals surface area contributed by atoms with E-state index in [2.05, 4.69) is 5.32 Å². The largest absolute Gasteiger partial charge is 0.497 e. The molecule has 5 nitrogen and oxygen atoms in total. The van der Waals surface area contributed by atoms with Crippen LogP contribution in [0.1, 0.15) is 31.0 Å². The third-order valence-electron chi connectivity index (χ3n) is 3.97. The molecule has 1 N–H and O–H groups in total. The number of hydrogen-bond acceptors (Lipinski definition) is 4. The first-order valence-corrected chi connectivity index (χ1v) is 9.13. The lowest BCUT2D eigenvalue weighted by Crippen LogP contribution is -2.37. The normalized spacial score (nSPS) is 12.8. The molecule has 2 aromatic carbocycles. The molecule has 0 bridgehead atoms. The van der Waals surface area contributed by atoms with Gasteiger partial charge in [0, 0.05) is 10.0 Å². The minimum absolute atomic E-state index is 0.0696. The molecule has 2 atom stereocenters. The van der Waals surface area contributed by atoms with Crippen LogP contribution in [0.25, 0.3) is 0 Å². The lowest BCUT2D eigenvalue weighted by atomic mass is 10.1. The average molecular weight is 410 g/mol. The molecular formula is C20H21Cl2NO4. The molecule has 0 saturated carbocycles. The van der Waals surface area contributed by atoms with E-state index in [4.69, 9.17) is 32.7 Å². The van der Waals surface area contributed by atoms with Gasteiger partial charge < -0.3 is 14.8 Å². The number of esters is 1. The molecule has 2 rings (SSSR count). The first-order chi connectivity index (χ1) is 12.8. The Balaban J connectivity index is 1.89. The van der Waals surface area contributed by atoms with Crippen LogP contribution in [0.3, 0.4) is 0 Å². The predicted molar refractivity (Wildman–Crippen MR) is 105 cm³/mol. The highest BCUT2D eigenvalue weighted by molar-refractivity contribution is 6.35. The second-order valence-corrected chi connectivity index (χ2v) is 6.90. The summed E-state index contributed by atoms with van der Waals surface area (Å²) in [5, 5.41) is 3.75. The van der Waals surface area contributed by atoms with E-state index in [-0.39, 0.29) is 12.5 Å². The van der Waals surface area contributed by atoms with Gasteiger partial charge in [0.1, 0.15) is 5.75 Å². The quantitative estimate of drug-likeness (QED) is 0.690. The summed E-state index contributed by atoms with van der Waals surface area (Å²) in [5.74, 6) is -0.189. The zero-order valence-corrected chi connectivity index (χ0v) is 16.8. The van der Waals surface area contributed by atoms with Crippen molar-refractivity contribution in [2.24, 2.45) is 0 Å². The van der Waals surface area contributed by atoms with E-state index in [0.29, 0.717) is 15.8 Å². The predicted octanol–water partition coefficient (Wildman–Crippen LogP) is 4.35. The van der Waals surface area contributed by atoms with Crippen molar-refractivity contribution in [3.63, 3.8) is 0 Å². The fourth-order valence-electron chi connectivity index (χ4n) is 2.46. The van der Waals surface area contributed by atoms with Crippen LogP contribution in [0.2, 0.25) is 10.0 Å². The summed E-state index contributed by atoms with van der Waals surface area (Å²) < 4.78 is 10.3. The molecule has 0 radical (unpaired) electrons. The van der Waals surface area contributed by atoms with Crippen molar-refractivity contribution in [3.05, 3.63) is 63.6 Å². The number of rotatable bonds is 7. The van der Waals surface area contributed by atoms with Gasteiger partial charge in [-0.05, 0) is 49.2 Å². The molecule has 27 heavy (non-hydrogen) atoms. The monoisotopic (exact) mass is 409 g/mol. The number of halogens is 2. The van der Waals surface area contributed by atoms with Crippen molar-refractivity contribution < 1.29 is 19.1 Å². The van der Waals surface area contributed by atoms with Crippen molar-refractivity contribution in [1.82, 2.24) is 5.32 Å². The number of hydrogen-bond donors (Lipinski definition) is 1. The molecule has 0 fully saturated rings. The second-order valence-electron chi connectivity index (χ2n) is 6.05. The van der Waals surface area contributed by atoms with E-state index in [9.17, 15) is 9.59 Å². The summed E-state index contributed by atoms with van der Waals surface area (Å²) in [6, 6.07) is 11.8. The van der Waals surface area contributed by atoms with Crippen molar-refractivity contribution in [2.75, 3.05) is 7.11 Å². The molecular weight excluding hydrogens is 389 g/mol. The molecule has 0 aliphatic rings. The second kappa shape index (κ2) is 9.62. The highest BCUT2D eigenvalue weighted by Crippen LogP contribution is 2.26. The highest BCUT2D eigenvalue weighted by Gasteiger charge is 2.21. The van der Waals surface area contributed by atoms with E-state index in [1.54, 1.807) is 56.5 Å². The third-order valence-corrected chi connectivity index (χ3v) is 4.54. The van der Waals surface area contributed by atoms with Crippen LogP contribution in [0.4, 0.5) is 0 Å². The number of nitrogens with one attached hydrogen (secondary N) is 1. The Bertz CT molecular complexity index is 808. The van der Waals surface area contributed by atoms with Gasteiger partial charge >= 0.3 is 5.97 Å². The Hall–Kier alpha value is -2.24. The number of methoxy groups -OCH3 is 1. The summed E-state index contributed by atoms with van der Waals surface area (Å²) in [4.78, 5) is 24.4. The first kappa shape index (κ1) is 21.1. The van der Waals surface area contributed by atoms with E-state index < -0.39 is 18.0 Å². The summed E-state index contributed by atoms with van der Waals surface area (Å²) in [7, 11) is 1.57. The molecule has 0 aliphatic heterocycles. The van der Waals surface area contributed by atoms with Gasteiger partial charge in [-0.3, -0.25) is 9.59 Å². The van der Waals surface area contributed by atoms with E-state index in [0.717, 1.165) is 11.1 Å². The molecule has 0 spiro atoms. The highest BCUT2D eigenvalue weighted by atomic mass is 35.5. The van der Waals surface area contributed by atoms with Crippen LogP contribution in [0, 0.1) is 0 Å². The topological polar surface area (TPSA) is 64.6 Å². The minimum atomic E-state index is -0.927. The average Bonchev–Trinajstić information content (AvgIpc) is 2.61. The van der Waals surface area contributed by atoms with Gasteiger partial charge in [-0.15, -0.1) is 0 Å². The van der Waals surface area contributed by atoms with E-state index >= 15 is 0 Å². The van der Waals surface area contributed by atoms with Crippen molar-refractivity contribution in [1.29, 1.82) is 0 Å². The molecule has 0 saturated heterocycles. The Kier molecular flexibility index (Phi) is 7.51. The molecule has 0 unspecified atom stereocenters. The van der Waals surface area contributed by atoms with Gasteiger partial charge in [0.05, 0.1) is 19.6 Å². The number of ether oxygens (including phenoxy) is 2. The van der Waals surface area contributed by atoms with Crippen LogP contribution in [0.5, 0.6) is 5.75 Å². The molecule has 1 amide bonds. The van der Waals surface area contributed by atoms with Gasteiger partial charge in [0.15, 0.2) is 6.10 Å². The summed E-state index contributed by atoms with van der Waals surface area (Å²) in [6.07, 6.45) is -0.857. The Morgan fingerprint density at radius 2 is 1.74 bits per heavy atom. The fraction of sp³-hybridized carbons (Fsp3) is 0.300. The summed E-state index contributed by atoms with van der Waals surface area (Å²) >= 11 is 12.0. The van der Waals surface area contributed by atoms with Crippen molar-refractivity contribution >= 4 is 35.1 Å². The minimum Gasteiger partial charge on any atom is -0.497 e. The molecule has 0 aromatic heterocycles. The zero-order chi connectivity index (χ0) is 20.0. The maximum Gasteiger partial charge on any atom is 0.311 e. The Labute approximate surface area is 168 Å². The fourth-order valence-corrected chi connectivity index (χ4v) is 3.04. The van der Waals surface area contributed by atoms with Crippen molar-refractivity contribution in [3.8, 4) is 5.75 Å². The standard InChI is InChI=1S/C20H21Cl2NO4/c1-12(17-9-6-15(21)11-18(17)22)23-20(25)13(2)27-19(24)10-14-4-7-16(26-3)8-5-14/h4-9,11-13H,10H2,1-3H3,(H,23,25)/t12-,13-/m0/s1. The van der Waals surface area contributed by atoms with Crippen LogP contribution in [-0.4, -0.2) is 25.1 Å². The Morgan fingerprint density at radius 1 is 1.07 bits per heavy atom. The maximum atomic E-state index is 12.3. The van der Waals surface area contributed by atoms with E-state index in [1.807, 2.05) is 0 Å². The first-order valence-electron chi connectivity index (χ1n) is 8.38. The summed E-state index contributed by atoms with van der Waals surface area (Å²) in [5.41, 5.74) is 1.50. The van der Waals surface area contributed by atoms with Gasteiger partial charge in [-0.25, -0.2) is 0 Å². The molecule has 144 valence electrons. The van der Waals surface area contributed by atoms with E-state index in [1.165, 1.54) is 6.92 Å². The lowest BCUT2D eigenvalue weighted by Gasteiger charge is -2.19. The SMILES string of the molecule is COc1ccc(CC(=O)O[C@@H](C)C(=O)N[C@@H](C)c2ccc(Cl)cc2Cl)cc1. The van der Waals surface area contributed by atoms with Crippen LogP contribution >= 0.6 is 23.2 Å². The number of amides is 1. The van der Waals surface area contributed by atoms with Gasteiger partial charge in [0.25, 0.3) is 5.91 Å². The molecule has 0 aliphatic carbocycles. The third kappa shape index (κ3) is 6.15.